The highest BCUT2D eigenvalue weighted by Crippen LogP contribution is 2.18. The average molecular weight is 264 g/mol. The van der Waals surface area contributed by atoms with Crippen LogP contribution in [-0.4, -0.2) is 47.2 Å². The first kappa shape index (κ1) is 11.8. The molecular weight excluding hydrogens is 252 g/mol. The largest absolute Gasteiger partial charge is 0.356 e. The average Bonchev–Trinajstić information content (AvgIpc) is 2.91. The molecule has 0 aromatic rings. The summed E-state index contributed by atoms with van der Waals surface area (Å²) in [5.41, 5.74) is 0. The Hall–Kier alpha value is 0.370. The summed E-state index contributed by atoms with van der Waals surface area (Å²) in [5.74, 6) is 0. The molecule has 7 heteroatoms. The monoisotopic (exact) mass is 264 g/mol. The molecule has 2 heterocycles. The van der Waals surface area contributed by atoms with E-state index in [1.54, 1.807) is 0 Å². The Labute approximate surface area is 103 Å². The van der Waals surface area contributed by atoms with Crippen LogP contribution in [0.5, 0.6) is 0 Å². The van der Waals surface area contributed by atoms with Gasteiger partial charge >= 0.3 is 0 Å². The molecule has 15 heavy (non-hydrogen) atoms. The number of rotatable bonds is 2. The molecule has 2 saturated heterocycles. The Morgan fingerprint density at radius 1 is 1.00 bits per heavy atom. The number of ether oxygens (including phenoxy) is 2. The highest BCUT2D eigenvalue weighted by molar-refractivity contribution is 8.38. The molecule has 0 bridgehead atoms. The minimum absolute atomic E-state index is 0.149. The number of hydrogen-bond acceptors (Lipinski definition) is 7. The molecule has 2 atom stereocenters. The maximum absolute atomic E-state index is 5.38. The van der Waals surface area contributed by atoms with Crippen LogP contribution in [0.15, 0.2) is 0 Å². The van der Waals surface area contributed by atoms with E-state index < -0.39 is 0 Å². The molecule has 0 aromatic carbocycles. The number of thiocarbonyl (C=S) groups is 2. The van der Waals surface area contributed by atoms with Crippen molar-refractivity contribution in [3.8, 4) is 0 Å². The SMILES string of the molecule is S=C(SC(=S)C1NCCO1)C1NCCO1. The van der Waals surface area contributed by atoms with E-state index in [9.17, 15) is 0 Å². The van der Waals surface area contributed by atoms with E-state index in [0.717, 1.165) is 21.5 Å². The van der Waals surface area contributed by atoms with E-state index >= 15 is 0 Å². The Bertz CT molecular complexity index is 237. The molecular formula is C8H12N2O2S3. The second-order valence-corrected chi connectivity index (χ2v) is 5.63. The summed E-state index contributed by atoms with van der Waals surface area (Å²) in [5, 5.41) is 6.29. The van der Waals surface area contributed by atoms with Crippen molar-refractivity contribution in [1.82, 2.24) is 10.6 Å². The van der Waals surface area contributed by atoms with Gasteiger partial charge in [0.05, 0.1) is 21.6 Å². The fraction of sp³-hybridized carbons (Fsp3) is 0.750. The third kappa shape index (κ3) is 3.16. The molecule has 0 amide bonds. The van der Waals surface area contributed by atoms with Gasteiger partial charge in [-0.3, -0.25) is 10.6 Å². The molecule has 2 unspecified atom stereocenters. The fourth-order valence-corrected chi connectivity index (χ4v) is 3.08. The van der Waals surface area contributed by atoms with Gasteiger partial charge in [-0.05, 0) is 0 Å². The Morgan fingerprint density at radius 2 is 1.47 bits per heavy atom. The predicted octanol–water partition coefficient (Wildman–Crippen LogP) is 0.266. The highest BCUT2D eigenvalue weighted by atomic mass is 32.2. The zero-order valence-corrected chi connectivity index (χ0v) is 10.5. The lowest BCUT2D eigenvalue weighted by Gasteiger charge is -2.14. The molecule has 4 nitrogen and oxygen atoms in total. The zero-order chi connectivity index (χ0) is 10.7. The van der Waals surface area contributed by atoms with Gasteiger partial charge in [-0.25, -0.2) is 0 Å². The van der Waals surface area contributed by atoms with Gasteiger partial charge in [0.15, 0.2) is 12.5 Å². The van der Waals surface area contributed by atoms with Gasteiger partial charge in [-0.15, -0.1) is 0 Å². The van der Waals surface area contributed by atoms with Crippen molar-refractivity contribution in [3.63, 3.8) is 0 Å². The van der Waals surface area contributed by atoms with E-state index in [4.69, 9.17) is 33.9 Å². The number of nitrogens with one attached hydrogen (secondary N) is 2. The quantitative estimate of drug-likeness (QED) is 0.694. The van der Waals surface area contributed by atoms with E-state index in [0.29, 0.717) is 13.2 Å². The Morgan fingerprint density at radius 3 is 1.80 bits per heavy atom. The third-order valence-electron chi connectivity index (χ3n) is 2.06. The third-order valence-corrected chi connectivity index (χ3v) is 3.82. The minimum atomic E-state index is -0.149. The van der Waals surface area contributed by atoms with Gasteiger partial charge in [0.25, 0.3) is 0 Å². The molecule has 0 aliphatic carbocycles. The summed E-state index contributed by atoms with van der Waals surface area (Å²) in [6.07, 6.45) is -0.297. The van der Waals surface area contributed by atoms with Crippen molar-refractivity contribution in [2.75, 3.05) is 26.3 Å². The van der Waals surface area contributed by atoms with Crippen LogP contribution in [0.4, 0.5) is 0 Å². The first-order valence-electron chi connectivity index (χ1n) is 4.73. The Balaban J connectivity index is 1.79. The van der Waals surface area contributed by atoms with E-state index in [1.807, 2.05) is 0 Å². The van der Waals surface area contributed by atoms with Crippen LogP contribution >= 0.6 is 36.2 Å². The van der Waals surface area contributed by atoms with Crippen molar-refractivity contribution in [2.24, 2.45) is 0 Å². The van der Waals surface area contributed by atoms with Gasteiger partial charge in [-0.2, -0.15) is 0 Å². The molecule has 2 fully saturated rings. The summed E-state index contributed by atoms with van der Waals surface area (Å²) in [7, 11) is 0. The van der Waals surface area contributed by atoms with E-state index in [1.165, 1.54) is 11.8 Å². The van der Waals surface area contributed by atoms with Crippen LogP contribution in [0.3, 0.4) is 0 Å². The number of thioether (sulfide) groups is 1. The molecule has 0 saturated carbocycles. The van der Waals surface area contributed by atoms with Crippen LogP contribution < -0.4 is 10.6 Å². The van der Waals surface area contributed by atoms with Crippen molar-refractivity contribution >= 4 is 44.6 Å². The lowest BCUT2D eigenvalue weighted by atomic mass is 10.6. The topological polar surface area (TPSA) is 42.5 Å². The minimum Gasteiger partial charge on any atom is -0.356 e. The molecule has 2 aliphatic heterocycles. The van der Waals surface area contributed by atoms with Gasteiger partial charge in [0.2, 0.25) is 0 Å². The molecule has 0 aromatic heterocycles. The standard InChI is InChI=1S/C8H12N2O2S3/c13-7(5-9-1-3-11-5)15-8(14)6-10-2-4-12-6/h5-6,9-10H,1-4H2. The van der Waals surface area contributed by atoms with Gasteiger partial charge in [0.1, 0.15) is 0 Å². The van der Waals surface area contributed by atoms with Gasteiger partial charge < -0.3 is 9.47 Å². The second-order valence-electron chi connectivity index (χ2n) is 3.15. The Kier molecular flexibility index (Phi) is 4.44. The predicted molar refractivity (Wildman–Crippen MR) is 68.3 cm³/mol. The van der Waals surface area contributed by atoms with Gasteiger partial charge in [0, 0.05) is 13.1 Å². The van der Waals surface area contributed by atoms with Crippen LogP contribution in [0.1, 0.15) is 0 Å². The van der Waals surface area contributed by atoms with Crippen molar-refractivity contribution < 1.29 is 9.47 Å². The summed E-state index contributed by atoms with van der Waals surface area (Å²) in [4.78, 5) is 0. The lowest BCUT2D eigenvalue weighted by molar-refractivity contribution is 0.155. The number of hydrogen-bond donors (Lipinski definition) is 2. The van der Waals surface area contributed by atoms with E-state index in [-0.39, 0.29) is 12.5 Å². The maximum Gasteiger partial charge on any atom is 0.150 e. The smallest absolute Gasteiger partial charge is 0.150 e. The van der Waals surface area contributed by atoms with Crippen molar-refractivity contribution in [2.45, 2.75) is 12.5 Å². The van der Waals surface area contributed by atoms with E-state index in [2.05, 4.69) is 10.6 Å². The molecule has 84 valence electrons. The highest BCUT2D eigenvalue weighted by Gasteiger charge is 2.25. The fourth-order valence-electron chi connectivity index (χ4n) is 1.36. The lowest BCUT2D eigenvalue weighted by Crippen LogP contribution is -2.33. The molecule has 2 rings (SSSR count). The summed E-state index contributed by atoms with van der Waals surface area (Å²) in [6, 6.07) is 0. The summed E-state index contributed by atoms with van der Waals surface area (Å²) in [6.45, 7) is 3.10. The maximum atomic E-state index is 5.38. The molecule has 0 radical (unpaired) electrons. The normalized spacial score (nSPS) is 30.7. The van der Waals surface area contributed by atoms with Crippen molar-refractivity contribution in [3.05, 3.63) is 0 Å². The summed E-state index contributed by atoms with van der Waals surface area (Å²) < 4.78 is 12.2. The van der Waals surface area contributed by atoms with Crippen LogP contribution in [0.25, 0.3) is 0 Å². The summed E-state index contributed by atoms with van der Waals surface area (Å²) >= 11 is 11.8. The molecule has 2 aliphatic rings. The second kappa shape index (κ2) is 5.62. The van der Waals surface area contributed by atoms with Crippen LogP contribution in [0, 0.1) is 0 Å². The first-order chi connectivity index (χ1) is 7.27. The van der Waals surface area contributed by atoms with Crippen LogP contribution in [-0.2, 0) is 9.47 Å². The van der Waals surface area contributed by atoms with Crippen molar-refractivity contribution in [1.29, 1.82) is 0 Å². The first-order valence-corrected chi connectivity index (χ1v) is 6.36. The van der Waals surface area contributed by atoms with Crippen LogP contribution in [0.2, 0.25) is 0 Å². The van der Waals surface area contributed by atoms with Gasteiger partial charge in [-0.1, -0.05) is 36.2 Å². The zero-order valence-electron chi connectivity index (χ0n) is 8.02. The molecule has 2 N–H and O–H groups in total. The molecule has 0 spiro atoms.